The van der Waals surface area contributed by atoms with E-state index in [0.717, 1.165) is 6.54 Å². The van der Waals surface area contributed by atoms with Crippen LogP contribution in [0.2, 0.25) is 3.67 Å². The van der Waals surface area contributed by atoms with Gasteiger partial charge in [-0.1, -0.05) is 0 Å². The van der Waals surface area contributed by atoms with E-state index in [1.807, 2.05) is 0 Å². The van der Waals surface area contributed by atoms with Gasteiger partial charge in [-0.25, -0.2) is 0 Å². The zero-order valence-corrected chi connectivity index (χ0v) is 8.41. The Bertz CT molecular complexity index is 114. The molecular formula is C5H10NNaO4. The van der Waals surface area contributed by atoms with Crippen molar-refractivity contribution in [2.75, 3.05) is 6.54 Å². The summed E-state index contributed by atoms with van der Waals surface area (Å²) in [5.74, 6) is -2.62. The number of hydrogen-bond acceptors (Lipinski definition) is 3. The molecule has 11 heavy (non-hydrogen) atoms. The van der Waals surface area contributed by atoms with Crippen LogP contribution in [-0.4, -0.2) is 56.6 Å². The van der Waals surface area contributed by atoms with Crippen molar-refractivity contribution < 1.29 is 19.8 Å². The Morgan fingerprint density at radius 1 is 1.27 bits per heavy atom. The first-order chi connectivity index (χ1) is 5.04. The maximum atomic E-state index is 9.43. The zero-order chi connectivity index (χ0) is 9.28. The number of rotatable bonds is 3. The van der Waals surface area contributed by atoms with Crippen molar-refractivity contribution in [1.82, 2.24) is 0 Å². The number of carbonyl (C=O) groups is 2. The fourth-order valence-electron chi connectivity index (χ4n) is 0.129. The minimum absolute atomic E-state index is 0.806. The summed E-state index contributed by atoms with van der Waals surface area (Å²) in [7, 11) is 0. The molecule has 0 saturated heterocycles. The Kier molecular flexibility index (Phi) is 12.1. The van der Waals surface area contributed by atoms with Crippen LogP contribution < -0.4 is 5.73 Å². The predicted octanol–water partition coefficient (Wildman–Crippen LogP) is -0.922. The minimum atomic E-state index is -1.31. The van der Waals surface area contributed by atoms with Gasteiger partial charge in [0.15, 0.2) is 0 Å². The van der Waals surface area contributed by atoms with Crippen LogP contribution >= 0.6 is 0 Å². The van der Waals surface area contributed by atoms with Gasteiger partial charge in [0.1, 0.15) is 6.42 Å². The Morgan fingerprint density at radius 3 is 1.55 bits per heavy atom. The molecule has 0 bridgehead atoms. The molecule has 4 N–H and O–H groups in total. The van der Waals surface area contributed by atoms with Gasteiger partial charge in [0.05, 0.1) is 0 Å². The molecule has 0 aliphatic heterocycles. The van der Waals surface area contributed by atoms with Crippen molar-refractivity contribution in [3.05, 3.63) is 0 Å². The first-order valence-electron chi connectivity index (χ1n) is 3.18. The normalized spacial score (nSPS) is 7.91. The molecule has 5 nitrogen and oxygen atoms in total. The second-order valence-electron chi connectivity index (χ2n) is 1.75. The molecular weight excluding hydrogens is 161 g/mol. The smallest absolute Gasteiger partial charge is 0.314 e. The Hall–Kier alpha value is -0.100. The number of hydrogen-bond donors (Lipinski definition) is 3. The first-order valence-corrected chi connectivity index (χ1v) is 4.59. The van der Waals surface area contributed by atoms with Crippen molar-refractivity contribution in [3.63, 3.8) is 0 Å². The molecule has 0 aliphatic carbocycles. The van der Waals surface area contributed by atoms with Crippen LogP contribution in [0.3, 0.4) is 0 Å². The SMILES string of the molecule is NC[CH2][Na].O=C(O)CC(=O)O. The molecule has 0 aromatic carbocycles. The molecule has 0 radical (unpaired) electrons. The van der Waals surface area contributed by atoms with Gasteiger partial charge >= 0.3 is 55.8 Å². The standard InChI is InChI=1S/C3H4O4.C2H6N.Na/c4-2(5)1-3(6)7;1-2-3;/h1H2,(H,4,5)(H,6,7);1-3H2;. The molecule has 0 aromatic heterocycles. The third kappa shape index (κ3) is 25.7. The molecule has 60 valence electrons. The van der Waals surface area contributed by atoms with E-state index in [0.29, 0.717) is 0 Å². The largest absolute Gasteiger partial charge is 0.481 e. The van der Waals surface area contributed by atoms with Crippen molar-refractivity contribution in [2.24, 2.45) is 5.73 Å². The van der Waals surface area contributed by atoms with Crippen LogP contribution in [0.5, 0.6) is 0 Å². The fourth-order valence-corrected chi connectivity index (χ4v) is 0.129. The van der Waals surface area contributed by atoms with Gasteiger partial charge in [-0.2, -0.15) is 0 Å². The molecule has 0 fully saturated rings. The van der Waals surface area contributed by atoms with Gasteiger partial charge in [-0.3, -0.25) is 9.59 Å². The Morgan fingerprint density at radius 2 is 1.55 bits per heavy atom. The van der Waals surface area contributed by atoms with E-state index in [2.05, 4.69) is 0 Å². The summed E-state index contributed by atoms with van der Waals surface area (Å²) in [5, 5.41) is 15.4. The second kappa shape index (κ2) is 9.90. The maximum Gasteiger partial charge on any atom is 0.314 e. The molecule has 0 aliphatic rings. The van der Waals surface area contributed by atoms with Crippen molar-refractivity contribution >= 4 is 39.9 Å². The first kappa shape index (κ1) is 13.5. The molecule has 0 unspecified atom stereocenters. The topological polar surface area (TPSA) is 101 Å². The molecule has 0 heterocycles. The summed E-state index contributed by atoms with van der Waals surface area (Å²) < 4.78 is 1.24. The van der Waals surface area contributed by atoms with Gasteiger partial charge in [0.25, 0.3) is 0 Å². The summed E-state index contributed by atoms with van der Waals surface area (Å²) in [6, 6.07) is 0. The molecule has 0 amide bonds. The van der Waals surface area contributed by atoms with E-state index < -0.39 is 18.4 Å². The van der Waals surface area contributed by atoms with E-state index in [-0.39, 0.29) is 0 Å². The van der Waals surface area contributed by atoms with Gasteiger partial charge in [0.2, 0.25) is 0 Å². The molecule has 0 rings (SSSR count). The minimum Gasteiger partial charge on any atom is -0.481 e. The van der Waals surface area contributed by atoms with E-state index in [1.165, 1.54) is 31.6 Å². The van der Waals surface area contributed by atoms with Crippen LogP contribution in [0.25, 0.3) is 0 Å². The Balaban J connectivity index is 0. The van der Waals surface area contributed by atoms with Crippen molar-refractivity contribution in [3.8, 4) is 0 Å². The average Bonchev–Trinajstić information content (AvgIpc) is 1.85. The maximum absolute atomic E-state index is 9.43. The fraction of sp³-hybridized carbons (Fsp3) is 0.600. The third-order valence-corrected chi connectivity index (χ3v) is 1.17. The van der Waals surface area contributed by atoms with E-state index in [4.69, 9.17) is 15.9 Å². The van der Waals surface area contributed by atoms with Crippen LogP contribution in [0, 0.1) is 0 Å². The van der Waals surface area contributed by atoms with Crippen LogP contribution in [0.15, 0.2) is 0 Å². The molecule has 6 heteroatoms. The van der Waals surface area contributed by atoms with Crippen LogP contribution in [-0.2, 0) is 9.59 Å². The van der Waals surface area contributed by atoms with Crippen LogP contribution in [0.1, 0.15) is 6.42 Å². The summed E-state index contributed by atoms with van der Waals surface area (Å²) in [5.41, 5.74) is 5.06. The molecule has 0 atom stereocenters. The predicted molar refractivity (Wildman–Crippen MR) is 39.5 cm³/mol. The quantitative estimate of drug-likeness (QED) is 0.376. The van der Waals surface area contributed by atoms with Crippen molar-refractivity contribution in [1.29, 1.82) is 0 Å². The number of carboxylic acids is 2. The second-order valence-corrected chi connectivity index (χ2v) is 2.75. The molecule has 0 aromatic rings. The van der Waals surface area contributed by atoms with E-state index in [9.17, 15) is 9.59 Å². The van der Waals surface area contributed by atoms with Crippen molar-refractivity contribution in [2.45, 2.75) is 10.1 Å². The van der Waals surface area contributed by atoms with Crippen LogP contribution in [0.4, 0.5) is 0 Å². The number of carboxylic acid groups (broad SMARTS) is 2. The van der Waals surface area contributed by atoms with Gasteiger partial charge < -0.3 is 10.2 Å². The number of aliphatic carboxylic acids is 2. The summed E-state index contributed by atoms with van der Waals surface area (Å²) >= 11 is 1.26. The molecule has 0 spiro atoms. The van der Waals surface area contributed by atoms with Gasteiger partial charge in [0, 0.05) is 0 Å². The van der Waals surface area contributed by atoms with E-state index >= 15 is 0 Å². The third-order valence-electron chi connectivity index (χ3n) is 0.591. The van der Waals surface area contributed by atoms with E-state index in [1.54, 1.807) is 0 Å². The average molecular weight is 171 g/mol. The molecule has 0 saturated carbocycles. The zero-order valence-electron chi connectivity index (χ0n) is 6.41. The Labute approximate surface area is 82.0 Å². The van der Waals surface area contributed by atoms with Gasteiger partial charge in [-0.15, -0.1) is 0 Å². The summed E-state index contributed by atoms with van der Waals surface area (Å²) in [6.07, 6.45) is -0.806. The summed E-state index contributed by atoms with van der Waals surface area (Å²) in [4.78, 5) is 18.9. The summed E-state index contributed by atoms with van der Waals surface area (Å²) in [6.45, 7) is 0.881. The number of nitrogens with two attached hydrogens (primary N) is 1. The monoisotopic (exact) mass is 171 g/mol. The van der Waals surface area contributed by atoms with Gasteiger partial charge in [-0.05, 0) is 0 Å².